The topological polar surface area (TPSA) is 55.4 Å². The van der Waals surface area contributed by atoms with Crippen LogP contribution in [0, 0.1) is 0 Å². The zero-order chi connectivity index (χ0) is 18.2. The van der Waals surface area contributed by atoms with E-state index in [0.717, 1.165) is 12.0 Å². The van der Waals surface area contributed by atoms with Gasteiger partial charge in [0.05, 0.1) is 18.6 Å². The zero-order valence-electron chi connectivity index (χ0n) is 15.0. The number of rotatable bonds is 7. The molecule has 0 aliphatic carbocycles. The normalized spacial score (nSPS) is 11.8. The van der Waals surface area contributed by atoms with Crippen LogP contribution in [-0.2, 0) is 16.0 Å². The molecule has 2 aromatic carbocycles. The maximum Gasteiger partial charge on any atom is 0.308 e. The molecule has 0 saturated carbocycles. The van der Waals surface area contributed by atoms with Gasteiger partial charge in [0.15, 0.2) is 0 Å². The van der Waals surface area contributed by atoms with Crippen LogP contribution in [0.3, 0.4) is 0 Å². The minimum Gasteiger partial charge on any atom is -0.463 e. The largest absolute Gasteiger partial charge is 0.463 e. The average molecular weight is 339 g/mol. The number of nitrogens with one attached hydrogen (secondary N) is 1. The first-order valence-electron chi connectivity index (χ1n) is 8.63. The molecule has 0 aliphatic rings. The van der Waals surface area contributed by atoms with Gasteiger partial charge in [-0.3, -0.25) is 9.59 Å². The third kappa shape index (κ3) is 5.75. The highest BCUT2D eigenvalue weighted by atomic mass is 16.5. The van der Waals surface area contributed by atoms with Crippen molar-refractivity contribution in [1.29, 1.82) is 0 Å². The molecule has 0 bridgehead atoms. The fraction of sp³-hybridized carbons (Fsp3) is 0.333. The van der Waals surface area contributed by atoms with E-state index in [2.05, 4.69) is 12.2 Å². The SMILES string of the molecule is CCc1ccc(C(=O)NC(CC(=O)OC(C)C)c2ccccc2)cc1. The van der Waals surface area contributed by atoms with Gasteiger partial charge in [0.1, 0.15) is 0 Å². The number of benzene rings is 2. The number of carbonyl (C=O) groups excluding carboxylic acids is 2. The second kappa shape index (κ2) is 9.02. The van der Waals surface area contributed by atoms with Gasteiger partial charge in [-0.15, -0.1) is 0 Å². The summed E-state index contributed by atoms with van der Waals surface area (Å²) in [5, 5.41) is 2.95. The number of aryl methyl sites for hydroxylation is 1. The lowest BCUT2D eigenvalue weighted by atomic mass is 10.0. The van der Waals surface area contributed by atoms with Gasteiger partial charge >= 0.3 is 5.97 Å². The summed E-state index contributed by atoms with van der Waals surface area (Å²) >= 11 is 0. The van der Waals surface area contributed by atoms with Crippen LogP contribution in [0.25, 0.3) is 0 Å². The van der Waals surface area contributed by atoms with Crippen molar-refractivity contribution in [3.63, 3.8) is 0 Å². The van der Waals surface area contributed by atoms with Crippen LogP contribution in [0.4, 0.5) is 0 Å². The van der Waals surface area contributed by atoms with E-state index in [0.29, 0.717) is 5.56 Å². The summed E-state index contributed by atoms with van der Waals surface area (Å²) < 4.78 is 5.23. The van der Waals surface area contributed by atoms with Crippen molar-refractivity contribution in [3.8, 4) is 0 Å². The van der Waals surface area contributed by atoms with Crippen molar-refractivity contribution in [2.45, 2.75) is 45.8 Å². The highest BCUT2D eigenvalue weighted by Crippen LogP contribution is 2.19. The summed E-state index contributed by atoms with van der Waals surface area (Å²) in [5.74, 6) is -0.528. The van der Waals surface area contributed by atoms with Crippen LogP contribution in [-0.4, -0.2) is 18.0 Å². The quantitative estimate of drug-likeness (QED) is 0.774. The van der Waals surface area contributed by atoms with Gasteiger partial charge in [0.2, 0.25) is 0 Å². The summed E-state index contributed by atoms with van der Waals surface area (Å²) in [5.41, 5.74) is 2.63. The fourth-order valence-electron chi connectivity index (χ4n) is 2.55. The Morgan fingerprint density at radius 3 is 2.20 bits per heavy atom. The van der Waals surface area contributed by atoms with Crippen LogP contribution < -0.4 is 5.32 Å². The Kier molecular flexibility index (Phi) is 6.75. The number of ether oxygens (including phenoxy) is 1. The number of hydrogen-bond donors (Lipinski definition) is 1. The molecule has 1 atom stereocenters. The second-order valence-electron chi connectivity index (χ2n) is 6.23. The molecule has 1 N–H and O–H groups in total. The van der Waals surface area contributed by atoms with Gasteiger partial charge in [-0.05, 0) is 43.5 Å². The van der Waals surface area contributed by atoms with Crippen LogP contribution in [0.2, 0.25) is 0 Å². The van der Waals surface area contributed by atoms with Crippen molar-refractivity contribution in [1.82, 2.24) is 5.32 Å². The Morgan fingerprint density at radius 2 is 1.64 bits per heavy atom. The molecule has 0 spiro atoms. The Balaban J connectivity index is 2.14. The third-order valence-electron chi connectivity index (χ3n) is 3.87. The predicted molar refractivity (Wildman–Crippen MR) is 98.3 cm³/mol. The van der Waals surface area contributed by atoms with Crippen molar-refractivity contribution < 1.29 is 14.3 Å². The van der Waals surface area contributed by atoms with E-state index >= 15 is 0 Å². The van der Waals surface area contributed by atoms with Gasteiger partial charge < -0.3 is 10.1 Å². The summed E-state index contributed by atoms with van der Waals surface area (Å²) in [6, 6.07) is 16.5. The first-order chi connectivity index (χ1) is 12.0. The standard InChI is InChI=1S/C21H25NO3/c1-4-16-10-12-18(13-11-16)21(24)22-19(14-20(23)25-15(2)3)17-8-6-5-7-9-17/h5-13,15,19H,4,14H2,1-3H3,(H,22,24). The maximum absolute atomic E-state index is 12.6. The molecule has 25 heavy (non-hydrogen) atoms. The van der Waals surface area contributed by atoms with Crippen molar-refractivity contribution in [2.75, 3.05) is 0 Å². The molecule has 0 fully saturated rings. The molecule has 4 nitrogen and oxygen atoms in total. The molecule has 1 amide bonds. The summed E-state index contributed by atoms with van der Waals surface area (Å²) in [6.07, 6.45) is 0.845. The van der Waals surface area contributed by atoms with Gasteiger partial charge in [0.25, 0.3) is 5.91 Å². The number of esters is 1. The lowest BCUT2D eigenvalue weighted by molar-refractivity contribution is -0.147. The molecular formula is C21H25NO3. The van der Waals surface area contributed by atoms with E-state index in [1.807, 2.05) is 68.4 Å². The zero-order valence-corrected chi connectivity index (χ0v) is 15.0. The van der Waals surface area contributed by atoms with Crippen molar-refractivity contribution in [2.24, 2.45) is 0 Å². The van der Waals surface area contributed by atoms with Crippen LogP contribution in [0.5, 0.6) is 0 Å². The first kappa shape index (κ1) is 18.7. The Labute approximate surface area is 149 Å². The average Bonchev–Trinajstić information content (AvgIpc) is 2.61. The molecule has 2 aromatic rings. The molecule has 0 aliphatic heterocycles. The van der Waals surface area contributed by atoms with E-state index in [-0.39, 0.29) is 24.4 Å². The lowest BCUT2D eigenvalue weighted by Crippen LogP contribution is -2.31. The van der Waals surface area contributed by atoms with E-state index in [1.165, 1.54) is 5.56 Å². The molecule has 0 saturated heterocycles. The Hall–Kier alpha value is -2.62. The lowest BCUT2D eigenvalue weighted by Gasteiger charge is -2.19. The highest BCUT2D eigenvalue weighted by Gasteiger charge is 2.20. The molecule has 0 radical (unpaired) electrons. The smallest absolute Gasteiger partial charge is 0.308 e. The van der Waals surface area contributed by atoms with Crippen LogP contribution >= 0.6 is 0 Å². The number of carbonyl (C=O) groups is 2. The predicted octanol–water partition coefficient (Wildman–Crippen LogP) is 4.06. The monoisotopic (exact) mass is 339 g/mol. The number of hydrogen-bond acceptors (Lipinski definition) is 3. The second-order valence-corrected chi connectivity index (χ2v) is 6.23. The molecule has 0 aromatic heterocycles. The molecule has 1 unspecified atom stereocenters. The number of amides is 1. The van der Waals surface area contributed by atoms with Gasteiger partial charge in [0, 0.05) is 5.56 Å². The van der Waals surface area contributed by atoms with Gasteiger partial charge in [-0.2, -0.15) is 0 Å². The molecule has 0 heterocycles. The maximum atomic E-state index is 12.6. The van der Waals surface area contributed by atoms with E-state index in [4.69, 9.17) is 4.74 Å². The Bertz CT molecular complexity index is 693. The van der Waals surface area contributed by atoms with E-state index < -0.39 is 6.04 Å². The van der Waals surface area contributed by atoms with Crippen molar-refractivity contribution >= 4 is 11.9 Å². The van der Waals surface area contributed by atoms with Crippen LogP contribution in [0.1, 0.15) is 54.7 Å². The minimum atomic E-state index is -0.425. The van der Waals surface area contributed by atoms with E-state index in [9.17, 15) is 9.59 Å². The highest BCUT2D eigenvalue weighted by molar-refractivity contribution is 5.94. The molecule has 132 valence electrons. The van der Waals surface area contributed by atoms with Gasteiger partial charge in [-0.25, -0.2) is 0 Å². The summed E-state index contributed by atoms with van der Waals surface area (Å²) in [7, 11) is 0. The summed E-state index contributed by atoms with van der Waals surface area (Å²) in [6.45, 7) is 5.69. The molecular weight excluding hydrogens is 314 g/mol. The molecule has 4 heteroatoms. The molecule has 2 rings (SSSR count). The van der Waals surface area contributed by atoms with Crippen LogP contribution in [0.15, 0.2) is 54.6 Å². The van der Waals surface area contributed by atoms with Crippen molar-refractivity contribution in [3.05, 3.63) is 71.3 Å². The fourth-order valence-corrected chi connectivity index (χ4v) is 2.55. The first-order valence-corrected chi connectivity index (χ1v) is 8.63. The minimum absolute atomic E-state index is 0.0982. The third-order valence-corrected chi connectivity index (χ3v) is 3.87. The Morgan fingerprint density at radius 1 is 1.00 bits per heavy atom. The van der Waals surface area contributed by atoms with E-state index in [1.54, 1.807) is 0 Å². The van der Waals surface area contributed by atoms with Gasteiger partial charge in [-0.1, -0.05) is 49.4 Å². The summed E-state index contributed by atoms with van der Waals surface area (Å²) in [4.78, 5) is 24.6.